The SMILES string of the molecule is C#COC(=O)Cl.C#COC(=O)OC1=C(c2c(C)cc(I)cc2C)C(=O)N2CCCCC12.Cc1cc(I)cc(C)c1C1=C(O)C2CCCCN2C1=O.[HH].[HH].[HH].[HH]. The normalized spacial score (nSPS) is 19.1. The van der Waals surface area contributed by atoms with Gasteiger partial charge in [0.25, 0.3) is 11.8 Å². The topological polar surface area (TPSA) is 123 Å². The molecule has 276 valence electrons. The van der Waals surface area contributed by atoms with Gasteiger partial charge in [0, 0.05) is 37.5 Å². The summed E-state index contributed by atoms with van der Waals surface area (Å²) in [5.74, 6) is 0.541. The Hall–Kier alpha value is -3.73. The number of amides is 2. The third-order valence-corrected chi connectivity index (χ3v) is 10.4. The fraction of sp³-hybridized carbons (Fsp3) is 0.368. The van der Waals surface area contributed by atoms with Gasteiger partial charge in [-0.05, 0) is 169 Å². The van der Waals surface area contributed by atoms with Crippen LogP contribution in [0, 0.1) is 59.9 Å². The lowest BCUT2D eigenvalue weighted by atomic mass is 9.94. The third kappa shape index (κ3) is 9.02. The maximum Gasteiger partial charge on any atom is 0.528 e. The lowest BCUT2D eigenvalue weighted by Gasteiger charge is -2.30. The monoisotopic (exact) mass is 946 g/mol. The highest BCUT2D eigenvalue weighted by Crippen LogP contribution is 2.41. The number of hydrogen-bond donors (Lipinski definition) is 1. The van der Waals surface area contributed by atoms with E-state index >= 15 is 0 Å². The van der Waals surface area contributed by atoms with Crippen LogP contribution in [0.15, 0.2) is 35.8 Å². The first-order valence-electron chi connectivity index (χ1n) is 16.2. The third-order valence-electron chi connectivity index (χ3n) is 9.05. The molecular weight excluding hydrogens is 902 g/mol. The summed E-state index contributed by atoms with van der Waals surface area (Å²) < 4.78 is 15.8. The van der Waals surface area contributed by atoms with Crippen LogP contribution in [-0.4, -0.2) is 63.5 Å². The largest absolute Gasteiger partial charge is 0.528 e. The maximum absolute atomic E-state index is 13.1. The molecule has 0 radical (unpaired) electrons. The van der Waals surface area contributed by atoms with Gasteiger partial charge in [-0.15, -0.1) is 0 Å². The molecule has 0 bridgehead atoms. The summed E-state index contributed by atoms with van der Waals surface area (Å²) in [4.78, 5) is 50.6. The number of carbonyl (C=O) groups is 4. The molecule has 2 amide bonds. The minimum Gasteiger partial charge on any atom is -0.509 e. The number of piperidine rings is 2. The van der Waals surface area contributed by atoms with E-state index in [1.807, 2.05) is 50.8 Å². The van der Waals surface area contributed by atoms with Gasteiger partial charge in [0.15, 0.2) is 0 Å². The van der Waals surface area contributed by atoms with E-state index in [-0.39, 0.29) is 35.4 Å². The highest BCUT2D eigenvalue weighted by molar-refractivity contribution is 14.1. The lowest BCUT2D eigenvalue weighted by molar-refractivity contribution is -0.127. The van der Waals surface area contributed by atoms with Crippen molar-refractivity contribution in [2.24, 2.45) is 0 Å². The van der Waals surface area contributed by atoms with E-state index in [1.165, 1.54) is 0 Å². The Morgan fingerprint density at radius 2 is 1.22 bits per heavy atom. The molecule has 0 aliphatic carbocycles. The van der Waals surface area contributed by atoms with Crippen molar-refractivity contribution in [1.29, 1.82) is 0 Å². The molecule has 4 heterocycles. The van der Waals surface area contributed by atoms with Gasteiger partial charge in [0.05, 0.1) is 23.2 Å². The second-order valence-electron chi connectivity index (χ2n) is 12.4. The Labute approximate surface area is 336 Å². The molecule has 4 aliphatic heterocycles. The summed E-state index contributed by atoms with van der Waals surface area (Å²) in [5, 5.41) is 10.5. The predicted octanol–water partition coefficient (Wildman–Crippen LogP) is 9.27. The summed E-state index contributed by atoms with van der Waals surface area (Å²) >= 11 is 9.10. The molecule has 51 heavy (non-hydrogen) atoms. The number of hydrogen-bond acceptors (Lipinski definition) is 8. The van der Waals surface area contributed by atoms with Crippen molar-refractivity contribution in [3.63, 3.8) is 0 Å². The van der Waals surface area contributed by atoms with Gasteiger partial charge in [-0.1, -0.05) is 12.8 Å². The first kappa shape index (κ1) is 40.0. The minimum absolute atomic E-state index is 0. The van der Waals surface area contributed by atoms with Gasteiger partial charge in [-0.25, -0.2) is 9.59 Å². The summed E-state index contributed by atoms with van der Waals surface area (Å²) in [7, 11) is 0. The van der Waals surface area contributed by atoms with Crippen molar-refractivity contribution in [1.82, 2.24) is 9.80 Å². The van der Waals surface area contributed by atoms with Crippen molar-refractivity contribution in [3.05, 3.63) is 76.3 Å². The summed E-state index contributed by atoms with van der Waals surface area (Å²) in [6.07, 6.45) is 17.6. The highest BCUT2D eigenvalue weighted by atomic mass is 127. The van der Waals surface area contributed by atoms with Gasteiger partial charge in [0.2, 0.25) is 0 Å². The standard InChI is InChI=1S/C19H18INO4.C16H18INO2.C3HClO2.4H2/c1-4-24-19(23)25-17-14-7-5-6-8-21(14)18(22)16(17)15-11(2)9-13(20)10-12(15)3;1-9-7-11(17)8-10(2)13(9)14-15(19)12-5-3-4-6-18(12)16(14)20;1-2-6-3(4)5;;;;/h1,9-10,14H,5-8H2,2-3H3;7-8,12,19H,3-6H2,1-2H3;1H;4*1H. The van der Waals surface area contributed by atoms with Crippen molar-refractivity contribution < 1.29 is 44.2 Å². The van der Waals surface area contributed by atoms with Gasteiger partial charge in [-0.3, -0.25) is 9.59 Å². The first-order chi connectivity index (χ1) is 24.2. The van der Waals surface area contributed by atoms with E-state index in [2.05, 4.69) is 84.8 Å². The molecule has 2 saturated heterocycles. The Morgan fingerprint density at radius 3 is 1.65 bits per heavy atom. The zero-order chi connectivity index (χ0) is 37.6. The van der Waals surface area contributed by atoms with Crippen LogP contribution in [0.5, 0.6) is 0 Å². The quantitative estimate of drug-likeness (QED) is 0.140. The van der Waals surface area contributed by atoms with Crippen LogP contribution in [0.1, 0.15) is 77.6 Å². The van der Waals surface area contributed by atoms with Gasteiger partial charge >= 0.3 is 11.6 Å². The second-order valence-corrected chi connectivity index (χ2v) is 15.2. The second kappa shape index (κ2) is 17.7. The number of ether oxygens (including phenoxy) is 3. The Kier molecular flexibility index (Phi) is 13.9. The number of aliphatic hydroxyl groups excluding tert-OH is 1. The fourth-order valence-corrected chi connectivity index (χ4v) is 9.05. The Morgan fingerprint density at radius 1 is 0.784 bits per heavy atom. The molecule has 0 aromatic heterocycles. The molecule has 2 fully saturated rings. The minimum atomic E-state index is -0.976. The van der Waals surface area contributed by atoms with Crippen molar-refractivity contribution in [3.8, 4) is 25.1 Å². The molecule has 13 heteroatoms. The number of benzene rings is 2. The van der Waals surface area contributed by atoms with Crippen molar-refractivity contribution in [2.75, 3.05) is 13.1 Å². The molecular formula is C38H45ClI2N2O8. The molecule has 2 aromatic carbocycles. The molecule has 2 aromatic rings. The molecule has 0 saturated carbocycles. The van der Waals surface area contributed by atoms with Gasteiger partial charge in [-0.2, -0.15) is 0 Å². The van der Waals surface area contributed by atoms with Crippen LogP contribution >= 0.6 is 56.8 Å². The Balaban J connectivity index is 0.000000881. The molecule has 2 unspecified atom stereocenters. The van der Waals surface area contributed by atoms with Crippen LogP contribution in [0.3, 0.4) is 0 Å². The number of nitrogens with zero attached hydrogens (tertiary/aromatic N) is 2. The van der Waals surface area contributed by atoms with Crippen LogP contribution in [0.25, 0.3) is 11.1 Å². The van der Waals surface area contributed by atoms with E-state index < -0.39 is 11.6 Å². The van der Waals surface area contributed by atoms with Crippen LogP contribution < -0.4 is 0 Å². The van der Waals surface area contributed by atoms with Crippen LogP contribution in [-0.2, 0) is 23.8 Å². The molecule has 10 nitrogen and oxygen atoms in total. The smallest absolute Gasteiger partial charge is 0.509 e. The van der Waals surface area contributed by atoms with E-state index in [1.54, 1.807) is 11.0 Å². The average Bonchev–Trinajstić information content (AvgIpc) is 3.46. The number of fused-ring (bicyclic) bond motifs is 2. The Bertz CT molecular complexity index is 1880. The number of carbonyl (C=O) groups excluding carboxylic acids is 4. The molecule has 2 atom stereocenters. The van der Waals surface area contributed by atoms with E-state index in [0.29, 0.717) is 23.5 Å². The van der Waals surface area contributed by atoms with E-state index in [0.717, 1.165) is 85.6 Å². The zero-order valence-corrected chi connectivity index (χ0v) is 33.7. The first-order valence-corrected chi connectivity index (χ1v) is 18.7. The number of terminal acetylenes is 2. The van der Waals surface area contributed by atoms with Gasteiger partial charge < -0.3 is 29.1 Å². The van der Waals surface area contributed by atoms with Crippen molar-refractivity contribution in [2.45, 2.75) is 78.3 Å². The molecule has 4 aliphatic rings. The number of halogens is 3. The summed E-state index contributed by atoms with van der Waals surface area (Å²) in [6, 6.07) is 7.82. The van der Waals surface area contributed by atoms with Crippen LogP contribution in [0.4, 0.5) is 9.59 Å². The highest BCUT2D eigenvalue weighted by Gasteiger charge is 2.44. The number of rotatable bonds is 3. The predicted molar refractivity (Wildman–Crippen MR) is 218 cm³/mol. The maximum atomic E-state index is 13.1. The fourth-order valence-electron chi connectivity index (χ4n) is 7.14. The van der Waals surface area contributed by atoms with Crippen molar-refractivity contribution >= 4 is 91.3 Å². The number of aryl methyl sites for hydroxylation is 4. The number of aliphatic hydroxyl groups is 1. The summed E-state index contributed by atoms with van der Waals surface area (Å²) in [5.41, 5.74) is 5.81. The van der Waals surface area contributed by atoms with E-state index in [4.69, 9.17) is 11.2 Å². The molecule has 0 spiro atoms. The zero-order valence-electron chi connectivity index (χ0n) is 28.6. The van der Waals surface area contributed by atoms with Crippen LogP contribution in [0.2, 0.25) is 0 Å². The van der Waals surface area contributed by atoms with Gasteiger partial charge in [0.1, 0.15) is 23.7 Å². The molecule has 6 rings (SSSR count). The lowest BCUT2D eigenvalue weighted by Crippen LogP contribution is -2.40. The molecule has 1 N–H and O–H groups in total. The summed E-state index contributed by atoms with van der Waals surface area (Å²) in [6.45, 7) is 9.36. The van der Waals surface area contributed by atoms with E-state index in [9.17, 15) is 24.3 Å². The average molecular weight is 947 g/mol.